The van der Waals surface area contributed by atoms with Gasteiger partial charge in [-0.05, 0) is 67.0 Å². The quantitative estimate of drug-likeness (QED) is 0.457. The number of hydrogen-bond donors (Lipinski definition) is 2. The standard InChI is InChI=1S/C28H31N3O4S/c1-19-12-13-22(16-20(19)2)31(25(32)18-30-27(33)24-11-7-15-36-24)26(21-8-4-3-5-9-21)28(34)29-17-23-10-6-14-35-23/h3-5,7-9,11-13,15-16,23,26H,6,10,14,17-18H2,1-2H3,(H,29,34)(H,30,33)/t23-,26-/m1/s1. The van der Waals surface area contributed by atoms with E-state index in [4.69, 9.17) is 4.74 Å². The molecule has 2 heterocycles. The van der Waals surface area contributed by atoms with Gasteiger partial charge in [0.25, 0.3) is 5.91 Å². The number of thiophene rings is 1. The Morgan fingerprint density at radius 2 is 1.83 bits per heavy atom. The summed E-state index contributed by atoms with van der Waals surface area (Å²) in [4.78, 5) is 41.9. The van der Waals surface area contributed by atoms with Gasteiger partial charge in [-0.2, -0.15) is 0 Å². The van der Waals surface area contributed by atoms with Gasteiger partial charge < -0.3 is 15.4 Å². The molecule has 0 radical (unpaired) electrons. The average Bonchev–Trinajstić information content (AvgIpc) is 3.61. The first-order chi connectivity index (χ1) is 17.4. The molecule has 4 rings (SSSR count). The van der Waals surface area contributed by atoms with Gasteiger partial charge in [0.2, 0.25) is 11.8 Å². The molecule has 2 aromatic carbocycles. The fourth-order valence-corrected chi connectivity index (χ4v) is 4.86. The highest BCUT2D eigenvalue weighted by Gasteiger charge is 2.33. The molecular formula is C28H31N3O4S. The van der Waals surface area contributed by atoms with Crippen LogP contribution in [0.25, 0.3) is 0 Å². The van der Waals surface area contributed by atoms with Crippen molar-refractivity contribution in [3.63, 3.8) is 0 Å². The molecule has 0 bridgehead atoms. The molecule has 2 atom stereocenters. The third-order valence-corrected chi connectivity index (χ3v) is 7.20. The Kier molecular flexibility index (Phi) is 8.51. The fraction of sp³-hybridized carbons (Fsp3) is 0.321. The Hall–Kier alpha value is -3.49. The van der Waals surface area contributed by atoms with Crippen LogP contribution in [0, 0.1) is 13.8 Å². The number of carbonyl (C=O) groups is 3. The van der Waals surface area contributed by atoms with Crippen LogP contribution in [0.5, 0.6) is 0 Å². The highest BCUT2D eigenvalue weighted by molar-refractivity contribution is 7.12. The zero-order valence-electron chi connectivity index (χ0n) is 20.5. The summed E-state index contributed by atoms with van der Waals surface area (Å²) in [7, 11) is 0. The molecule has 1 fully saturated rings. The van der Waals surface area contributed by atoms with Crippen LogP contribution in [0.2, 0.25) is 0 Å². The Labute approximate surface area is 215 Å². The van der Waals surface area contributed by atoms with Crippen molar-refractivity contribution in [3.05, 3.63) is 87.6 Å². The van der Waals surface area contributed by atoms with Crippen LogP contribution in [0.15, 0.2) is 66.0 Å². The number of hydrogen-bond acceptors (Lipinski definition) is 5. The smallest absolute Gasteiger partial charge is 0.261 e. The minimum Gasteiger partial charge on any atom is -0.376 e. The highest BCUT2D eigenvalue weighted by Crippen LogP contribution is 2.30. The summed E-state index contributed by atoms with van der Waals surface area (Å²) in [5.41, 5.74) is 3.35. The predicted octanol–water partition coefficient (Wildman–Crippen LogP) is 4.16. The summed E-state index contributed by atoms with van der Waals surface area (Å²) < 4.78 is 5.67. The second-order valence-corrected chi connectivity index (χ2v) is 9.83. The van der Waals surface area contributed by atoms with Crippen molar-refractivity contribution >= 4 is 34.7 Å². The van der Waals surface area contributed by atoms with Gasteiger partial charge in [-0.15, -0.1) is 11.3 Å². The van der Waals surface area contributed by atoms with E-state index in [-0.39, 0.29) is 30.4 Å². The number of nitrogens with zero attached hydrogens (tertiary/aromatic N) is 1. The van der Waals surface area contributed by atoms with Crippen LogP contribution in [0.4, 0.5) is 5.69 Å². The van der Waals surface area contributed by atoms with E-state index in [1.807, 2.05) is 67.8 Å². The molecule has 0 saturated carbocycles. The van der Waals surface area contributed by atoms with E-state index in [0.717, 1.165) is 24.0 Å². The maximum Gasteiger partial charge on any atom is 0.261 e. The molecule has 36 heavy (non-hydrogen) atoms. The van der Waals surface area contributed by atoms with Gasteiger partial charge in [-0.25, -0.2) is 0 Å². The Bertz CT molecular complexity index is 1190. The van der Waals surface area contributed by atoms with E-state index < -0.39 is 6.04 Å². The zero-order valence-corrected chi connectivity index (χ0v) is 21.3. The van der Waals surface area contributed by atoms with E-state index in [2.05, 4.69) is 10.6 Å². The molecule has 3 aromatic rings. The normalized spacial score (nSPS) is 15.8. The molecule has 0 aliphatic carbocycles. The van der Waals surface area contributed by atoms with E-state index in [0.29, 0.717) is 29.3 Å². The molecule has 1 aromatic heterocycles. The van der Waals surface area contributed by atoms with Crippen molar-refractivity contribution in [1.29, 1.82) is 0 Å². The molecular weight excluding hydrogens is 474 g/mol. The first-order valence-corrected chi connectivity index (χ1v) is 13.0. The van der Waals surface area contributed by atoms with E-state index in [9.17, 15) is 14.4 Å². The molecule has 1 aliphatic heterocycles. The summed E-state index contributed by atoms with van der Waals surface area (Å²) in [6.07, 6.45) is 1.84. The lowest BCUT2D eigenvalue weighted by atomic mass is 10.0. The van der Waals surface area contributed by atoms with Crippen LogP contribution < -0.4 is 15.5 Å². The number of amides is 3. The van der Waals surface area contributed by atoms with Crippen molar-refractivity contribution in [2.45, 2.75) is 38.8 Å². The molecule has 3 amide bonds. The van der Waals surface area contributed by atoms with Crippen molar-refractivity contribution in [3.8, 4) is 0 Å². The van der Waals surface area contributed by atoms with Crippen molar-refractivity contribution in [2.24, 2.45) is 0 Å². The van der Waals surface area contributed by atoms with Crippen LogP contribution in [0.1, 0.15) is 45.2 Å². The summed E-state index contributed by atoms with van der Waals surface area (Å²) in [6.45, 7) is 4.79. The van der Waals surface area contributed by atoms with Gasteiger partial charge >= 0.3 is 0 Å². The van der Waals surface area contributed by atoms with Gasteiger partial charge in [0, 0.05) is 18.8 Å². The predicted molar refractivity (Wildman–Crippen MR) is 141 cm³/mol. The molecule has 188 valence electrons. The molecule has 1 saturated heterocycles. The van der Waals surface area contributed by atoms with Gasteiger partial charge in [0.05, 0.1) is 17.5 Å². The maximum absolute atomic E-state index is 13.7. The van der Waals surface area contributed by atoms with Gasteiger partial charge in [-0.1, -0.05) is 42.5 Å². The Morgan fingerprint density at radius 3 is 2.50 bits per heavy atom. The summed E-state index contributed by atoms with van der Waals surface area (Å²) in [5.74, 6) is -1.00. The lowest BCUT2D eigenvalue weighted by Crippen LogP contribution is -2.48. The van der Waals surface area contributed by atoms with Crippen molar-refractivity contribution in [1.82, 2.24) is 10.6 Å². The summed E-state index contributed by atoms with van der Waals surface area (Å²) >= 11 is 1.30. The Morgan fingerprint density at radius 1 is 1.03 bits per heavy atom. The van der Waals surface area contributed by atoms with Crippen LogP contribution in [0.3, 0.4) is 0 Å². The van der Waals surface area contributed by atoms with Crippen molar-refractivity contribution in [2.75, 3.05) is 24.6 Å². The first-order valence-electron chi connectivity index (χ1n) is 12.1. The number of anilines is 1. The van der Waals surface area contributed by atoms with Gasteiger partial charge in [0.1, 0.15) is 6.04 Å². The molecule has 2 N–H and O–H groups in total. The fourth-order valence-electron chi connectivity index (χ4n) is 4.22. The van der Waals surface area contributed by atoms with Gasteiger partial charge in [-0.3, -0.25) is 19.3 Å². The number of rotatable bonds is 9. The van der Waals surface area contributed by atoms with E-state index in [1.165, 1.54) is 16.2 Å². The second-order valence-electron chi connectivity index (χ2n) is 8.89. The SMILES string of the molecule is Cc1ccc(N(C(=O)CNC(=O)c2cccs2)[C@@H](C(=O)NC[C@H]2CCCO2)c2ccccc2)cc1C. The third-order valence-electron chi connectivity index (χ3n) is 6.33. The Balaban J connectivity index is 1.65. The first kappa shape index (κ1) is 25.6. The van der Waals surface area contributed by atoms with Gasteiger partial charge in [0.15, 0.2) is 0 Å². The molecule has 8 heteroatoms. The molecule has 0 spiro atoms. The monoisotopic (exact) mass is 505 g/mol. The third kappa shape index (κ3) is 6.19. The number of nitrogens with one attached hydrogen (secondary N) is 2. The highest BCUT2D eigenvalue weighted by atomic mass is 32.1. The van der Waals surface area contributed by atoms with Crippen LogP contribution >= 0.6 is 11.3 Å². The largest absolute Gasteiger partial charge is 0.376 e. The van der Waals surface area contributed by atoms with E-state index >= 15 is 0 Å². The lowest BCUT2D eigenvalue weighted by Gasteiger charge is -2.32. The topological polar surface area (TPSA) is 87.7 Å². The second kappa shape index (κ2) is 12.0. The minimum atomic E-state index is -0.916. The van der Waals surface area contributed by atoms with Crippen LogP contribution in [-0.4, -0.2) is 43.5 Å². The number of benzene rings is 2. The zero-order chi connectivity index (χ0) is 25.5. The maximum atomic E-state index is 13.7. The minimum absolute atomic E-state index is 0.0266. The number of aryl methyl sites for hydroxylation is 2. The summed E-state index contributed by atoms with van der Waals surface area (Å²) in [6, 6.07) is 17.5. The summed E-state index contributed by atoms with van der Waals surface area (Å²) in [5, 5.41) is 7.52. The number of carbonyl (C=O) groups excluding carboxylic acids is 3. The number of ether oxygens (including phenoxy) is 1. The average molecular weight is 506 g/mol. The molecule has 1 aliphatic rings. The molecule has 7 nitrogen and oxygen atoms in total. The van der Waals surface area contributed by atoms with E-state index in [1.54, 1.807) is 12.1 Å². The lowest BCUT2D eigenvalue weighted by molar-refractivity contribution is -0.126. The molecule has 0 unspecified atom stereocenters. The van der Waals surface area contributed by atoms with Crippen molar-refractivity contribution < 1.29 is 19.1 Å². The van der Waals surface area contributed by atoms with Crippen LogP contribution in [-0.2, 0) is 14.3 Å².